The lowest BCUT2D eigenvalue weighted by Gasteiger charge is -2.43. The summed E-state index contributed by atoms with van der Waals surface area (Å²) in [6, 6.07) is 0.576. The fraction of sp³-hybridized carbons (Fsp3) is 0.800. The number of piperidine rings is 1. The normalized spacial score (nSPS) is 27.3. The fourth-order valence-corrected chi connectivity index (χ4v) is 4.21. The minimum Gasteiger partial charge on any atom is -0.383 e. The molecular formula is C15H23N3O2S. The van der Waals surface area contributed by atoms with Crippen molar-refractivity contribution >= 4 is 11.3 Å². The van der Waals surface area contributed by atoms with Crippen LogP contribution in [0.4, 0.5) is 0 Å². The average molecular weight is 309 g/mol. The molecule has 0 atom stereocenters. The number of hydrogen-bond donors (Lipinski definition) is 1. The van der Waals surface area contributed by atoms with E-state index in [0.29, 0.717) is 6.04 Å². The largest absolute Gasteiger partial charge is 0.383 e. The zero-order chi connectivity index (χ0) is 14.3. The molecule has 1 aromatic rings. The third-order valence-corrected chi connectivity index (χ3v) is 5.93. The molecule has 0 spiro atoms. The quantitative estimate of drug-likeness (QED) is 0.900. The van der Waals surface area contributed by atoms with Crippen molar-refractivity contribution in [1.82, 2.24) is 14.8 Å². The minimum absolute atomic E-state index is 0.576. The highest BCUT2D eigenvalue weighted by atomic mass is 32.1. The van der Waals surface area contributed by atoms with E-state index < -0.39 is 5.60 Å². The summed E-state index contributed by atoms with van der Waals surface area (Å²) in [5.74, 6) is 0. The summed E-state index contributed by atoms with van der Waals surface area (Å²) in [6.07, 6.45) is 2.88. The molecule has 0 aliphatic carbocycles. The first-order valence-corrected chi connectivity index (χ1v) is 8.82. The van der Waals surface area contributed by atoms with Crippen LogP contribution in [-0.2, 0) is 16.9 Å². The van der Waals surface area contributed by atoms with Gasteiger partial charge in [-0.1, -0.05) is 0 Å². The molecule has 1 aromatic heterocycles. The Morgan fingerprint density at radius 1 is 1.29 bits per heavy atom. The molecule has 0 aromatic carbocycles. The fourth-order valence-electron chi connectivity index (χ4n) is 3.28. The summed E-state index contributed by atoms with van der Waals surface area (Å²) >= 11 is 1.70. The molecular weight excluding hydrogens is 286 g/mol. The van der Waals surface area contributed by atoms with E-state index in [-0.39, 0.29) is 0 Å². The summed E-state index contributed by atoms with van der Waals surface area (Å²) in [6.45, 7) is 6.94. The molecule has 116 valence electrons. The third kappa shape index (κ3) is 2.75. The van der Waals surface area contributed by atoms with Crippen LogP contribution >= 0.6 is 11.3 Å². The molecule has 0 amide bonds. The van der Waals surface area contributed by atoms with E-state index in [9.17, 15) is 5.11 Å². The number of aromatic nitrogens is 1. The second-order valence-electron chi connectivity index (χ2n) is 6.52. The molecule has 4 rings (SSSR count). The number of thiazole rings is 1. The summed E-state index contributed by atoms with van der Waals surface area (Å²) < 4.78 is 5.26. The van der Waals surface area contributed by atoms with E-state index in [0.717, 1.165) is 56.4 Å². The molecule has 3 aliphatic heterocycles. The molecule has 0 radical (unpaired) electrons. The number of likely N-dealkylation sites (tertiary alicyclic amines) is 2. The number of ether oxygens (including phenoxy) is 1. The van der Waals surface area contributed by atoms with Crippen molar-refractivity contribution in [3.8, 4) is 0 Å². The van der Waals surface area contributed by atoms with Crippen LogP contribution in [0.1, 0.15) is 30.0 Å². The zero-order valence-corrected chi connectivity index (χ0v) is 13.1. The van der Waals surface area contributed by atoms with E-state index in [1.165, 1.54) is 19.5 Å². The van der Waals surface area contributed by atoms with Gasteiger partial charge in [0.05, 0.1) is 31.5 Å². The molecule has 3 saturated heterocycles. The van der Waals surface area contributed by atoms with Gasteiger partial charge in [0.1, 0.15) is 10.6 Å². The van der Waals surface area contributed by atoms with Crippen LogP contribution in [0.2, 0.25) is 0 Å². The Hall–Kier alpha value is -0.530. The molecule has 4 heterocycles. The smallest absolute Gasteiger partial charge is 0.110 e. The van der Waals surface area contributed by atoms with Gasteiger partial charge in [-0.2, -0.15) is 0 Å². The molecule has 0 unspecified atom stereocenters. The highest BCUT2D eigenvalue weighted by Crippen LogP contribution is 2.35. The average Bonchev–Trinajstić information content (AvgIpc) is 2.84. The van der Waals surface area contributed by atoms with E-state index in [1.807, 2.05) is 0 Å². The van der Waals surface area contributed by atoms with Crippen LogP contribution in [0.3, 0.4) is 0 Å². The Labute approximate surface area is 129 Å². The Bertz CT molecular complexity index is 491. The third-order valence-electron chi connectivity index (χ3n) is 5.10. The Morgan fingerprint density at radius 2 is 2.05 bits per heavy atom. The van der Waals surface area contributed by atoms with Crippen LogP contribution in [0, 0.1) is 0 Å². The molecule has 0 bridgehead atoms. The van der Waals surface area contributed by atoms with Crippen LogP contribution in [-0.4, -0.2) is 65.3 Å². The molecule has 0 saturated carbocycles. The van der Waals surface area contributed by atoms with Crippen LogP contribution in [0.25, 0.3) is 0 Å². The molecule has 6 heteroatoms. The van der Waals surface area contributed by atoms with E-state index in [1.54, 1.807) is 11.3 Å². The van der Waals surface area contributed by atoms with Crippen molar-refractivity contribution in [3.05, 3.63) is 16.1 Å². The van der Waals surface area contributed by atoms with Gasteiger partial charge in [-0.15, -0.1) is 11.3 Å². The van der Waals surface area contributed by atoms with Gasteiger partial charge in [-0.05, 0) is 32.4 Å². The van der Waals surface area contributed by atoms with E-state index in [4.69, 9.17) is 9.72 Å². The van der Waals surface area contributed by atoms with Crippen molar-refractivity contribution in [2.75, 3.05) is 39.4 Å². The first-order chi connectivity index (χ1) is 10.2. The predicted molar refractivity (Wildman–Crippen MR) is 81.3 cm³/mol. The number of nitrogens with zero attached hydrogens (tertiary/aromatic N) is 3. The number of hydrogen-bond acceptors (Lipinski definition) is 6. The van der Waals surface area contributed by atoms with Crippen LogP contribution in [0.15, 0.2) is 5.38 Å². The van der Waals surface area contributed by atoms with Gasteiger partial charge in [0, 0.05) is 18.5 Å². The Kier molecular flexibility index (Phi) is 3.75. The minimum atomic E-state index is -0.717. The molecule has 1 N–H and O–H groups in total. The monoisotopic (exact) mass is 309 g/mol. The topological polar surface area (TPSA) is 48.8 Å². The van der Waals surface area contributed by atoms with Gasteiger partial charge >= 0.3 is 0 Å². The summed E-state index contributed by atoms with van der Waals surface area (Å²) in [4.78, 5) is 9.57. The lowest BCUT2D eigenvalue weighted by Crippen LogP contribution is -2.54. The van der Waals surface area contributed by atoms with Gasteiger partial charge in [-0.25, -0.2) is 4.98 Å². The highest BCUT2D eigenvalue weighted by Gasteiger charge is 2.39. The van der Waals surface area contributed by atoms with Crippen molar-refractivity contribution in [1.29, 1.82) is 0 Å². The number of aliphatic hydroxyl groups is 1. The molecule has 3 aliphatic rings. The predicted octanol–water partition coefficient (Wildman–Crippen LogP) is 1.03. The maximum Gasteiger partial charge on any atom is 0.110 e. The van der Waals surface area contributed by atoms with Crippen molar-refractivity contribution in [2.24, 2.45) is 0 Å². The van der Waals surface area contributed by atoms with Gasteiger partial charge in [0.2, 0.25) is 0 Å². The van der Waals surface area contributed by atoms with Crippen molar-refractivity contribution in [3.63, 3.8) is 0 Å². The van der Waals surface area contributed by atoms with Gasteiger partial charge in [0.15, 0.2) is 0 Å². The van der Waals surface area contributed by atoms with Crippen molar-refractivity contribution in [2.45, 2.75) is 37.5 Å². The Balaban J connectivity index is 1.38. The second kappa shape index (κ2) is 5.59. The van der Waals surface area contributed by atoms with E-state index >= 15 is 0 Å². The summed E-state index contributed by atoms with van der Waals surface area (Å²) in [7, 11) is 0. The Morgan fingerprint density at radius 3 is 2.62 bits per heavy atom. The van der Waals surface area contributed by atoms with Crippen LogP contribution < -0.4 is 0 Å². The van der Waals surface area contributed by atoms with Gasteiger partial charge < -0.3 is 9.84 Å². The molecule has 3 fully saturated rings. The second-order valence-corrected chi connectivity index (χ2v) is 7.46. The maximum absolute atomic E-state index is 10.9. The van der Waals surface area contributed by atoms with Gasteiger partial charge in [-0.3, -0.25) is 9.80 Å². The standard InChI is InChI=1S/C15H23N3O2S/c19-15(2-6-18(7-3-15)12-9-20-10-12)13-11-21-14(16-13)8-17-4-1-5-17/h11-12,19H,1-10H2. The zero-order valence-electron chi connectivity index (χ0n) is 12.3. The maximum atomic E-state index is 10.9. The first kappa shape index (κ1) is 14.1. The summed E-state index contributed by atoms with van der Waals surface area (Å²) in [5, 5.41) is 14.1. The lowest BCUT2D eigenvalue weighted by molar-refractivity contribution is -0.102. The SMILES string of the molecule is OC1(c2csc(CN3CCC3)n2)CCN(C2COC2)CC1. The van der Waals surface area contributed by atoms with Crippen LogP contribution in [0.5, 0.6) is 0 Å². The number of rotatable bonds is 4. The summed E-state index contributed by atoms with van der Waals surface area (Å²) in [5.41, 5.74) is 0.178. The molecule has 21 heavy (non-hydrogen) atoms. The van der Waals surface area contributed by atoms with Gasteiger partial charge in [0.25, 0.3) is 0 Å². The highest BCUT2D eigenvalue weighted by molar-refractivity contribution is 7.09. The van der Waals surface area contributed by atoms with E-state index in [2.05, 4.69) is 15.2 Å². The van der Waals surface area contributed by atoms with Crippen molar-refractivity contribution < 1.29 is 9.84 Å². The first-order valence-electron chi connectivity index (χ1n) is 7.94. The molecule has 5 nitrogen and oxygen atoms in total. The lowest BCUT2D eigenvalue weighted by atomic mass is 9.88.